The van der Waals surface area contributed by atoms with E-state index in [-0.39, 0.29) is 0 Å². The van der Waals surface area contributed by atoms with Crippen molar-refractivity contribution in [2.75, 3.05) is 11.9 Å². The van der Waals surface area contributed by atoms with Gasteiger partial charge in [-0.25, -0.2) is 0 Å². The largest absolute Gasteiger partial charge is 0.384 e. The van der Waals surface area contributed by atoms with Crippen LogP contribution >= 0.6 is 0 Å². The molecule has 1 aromatic carbocycles. The minimum Gasteiger partial charge on any atom is -0.384 e. The maximum absolute atomic E-state index is 4.71. The van der Waals surface area contributed by atoms with Crippen molar-refractivity contribution in [2.45, 2.75) is 27.2 Å². The van der Waals surface area contributed by atoms with E-state index in [0.29, 0.717) is 0 Å². The Morgan fingerprint density at radius 2 is 1.65 bits per heavy atom. The first-order valence-corrected chi connectivity index (χ1v) is 7.10. The Morgan fingerprint density at radius 3 is 2.40 bits per heavy atom. The Labute approximate surface area is 119 Å². The molecule has 3 nitrogen and oxygen atoms in total. The van der Waals surface area contributed by atoms with Crippen LogP contribution in [0.15, 0.2) is 30.3 Å². The van der Waals surface area contributed by atoms with Gasteiger partial charge in [0, 0.05) is 34.4 Å². The van der Waals surface area contributed by atoms with Crippen LogP contribution in [0.25, 0.3) is 21.8 Å². The molecule has 20 heavy (non-hydrogen) atoms. The average molecular weight is 265 g/mol. The van der Waals surface area contributed by atoms with Gasteiger partial charge in [0.2, 0.25) is 0 Å². The van der Waals surface area contributed by atoms with E-state index >= 15 is 0 Å². The third-order valence-electron chi connectivity index (χ3n) is 3.48. The fourth-order valence-electron chi connectivity index (χ4n) is 2.47. The van der Waals surface area contributed by atoms with Crippen LogP contribution in [0.5, 0.6) is 0 Å². The molecule has 3 heteroatoms. The number of nitrogens with one attached hydrogen (secondary N) is 1. The molecule has 0 radical (unpaired) electrons. The molecule has 3 aromatic rings. The van der Waals surface area contributed by atoms with Crippen molar-refractivity contribution in [3.05, 3.63) is 41.7 Å². The van der Waals surface area contributed by atoms with E-state index < -0.39 is 0 Å². The third-order valence-corrected chi connectivity index (χ3v) is 3.48. The molecule has 0 amide bonds. The van der Waals surface area contributed by atoms with Crippen molar-refractivity contribution >= 4 is 27.5 Å². The Bertz CT molecular complexity index is 778. The van der Waals surface area contributed by atoms with Gasteiger partial charge in [0.05, 0.1) is 11.0 Å². The van der Waals surface area contributed by atoms with Gasteiger partial charge in [-0.3, -0.25) is 9.97 Å². The van der Waals surface area contributed by atoms with Gasteiger partial charge in [-0.05, 0) is 44.5 Å². The fourth-order valence-corrected chi connectivity index (χ4v) is 2.47. The molecule has 0 saturated carbocycles. The summed E-state index contributed by atoms with van der Waals surface area (Å²) in [7, 11) is 0. The summed E-state index contributed by atoms with van der Waals surface area (Å²) in [5, 5.41) is 5.78. The number of fused-ring (bicyclic) bond motifs is 3. The van der Waals surface area contributed by atoms with Crippen LogP contribution in [0.2, 0.25) is 0 Å². The van der Waals surface area contributed by atoms with Crippen LogP contribution < -0.4 is 5.32 Å². The lowest BCUT2D eigenvalue weighted by Gasteiger charge is -2.12. The van der Waals surface area contributed by atoms with Crippen LogP contribution in [0.4, 0.5) is 5.69 Å². The highest BCUT2D eigenvalue weighted by Gasteiger charge is 2.09. The second kappa shape index (κ2) is 5.08. The third kappa shape index (κ3) is 2.20. The van der Waals surface area contributed by atoms with Crippen LogP contribution in [0.1, 0.15) is 24.7 Å². The summed E-state index contributed by atoms with van der Waals surface area (Å²) in [5.41, 5.74) is 5.18. The number of hydrogen-bond acceptors (Lipinski definition) is 3. The molecule has 0 atom stereocenters. The predicted molar refractivity (Wildman–Crippen MR) is 85.3 cm³/mol. The summed E-state index contributed by atoms with van der Waals surface area (Å²) in [6.07, 6.45) is 1.10. The molecule has 0 unspecified atom stereocenters. The number of anilines is 1. The molecule has 0 fully saturated rings. The van der Waals surface area contributed by atoms with Crippen molar-refractivity contribution in [1.82, 2.24) is 9.97 Å². The molecule has 0 spiro atoms. The topological polar surface area (TPSA) is 37.8 Å². The minimum atomic E-state index is 0.966. The zero-order valence-electron chi connectivity index (χ0n) is 12.2. The second-order valence-corrected chi connectivity index (χ2v) is 5.22. The summed E-state index contributed by atoms with van der Waals surface area (Å²) >= 11 is 0. The minimum absolute atomic E-state index is 0.966. The van der Waals surface area contributed by atoms with Crippen molar-refractivity contribution in [1.29, 1.82) is 0 Å². The maximum atomic E-state index is 4.71. The monoisotopic (exact) mass is 265 g/mol. The number of pyridine rings is 2. The van der Waals surface area contributed by atoms with Crippen LogP contribution in [-0.2, 0) is 0 Å². The molecule has 2 aromatic heterocycles. The van der Waals surface area contributed by atoms with Crippen LogP contribution in [-0.4, -0.2) is 16.5 Å². The van der Waals surface area contributed by atoms with Gasteiger partial charge in [-0.2, -0.15) is 0 Å². The Balaban J connectivity index is 2.36. The quantitative estimate of drug-likeness (QED) is 0.720. The lowest BCUT2D eigenvalue weighted by Crippen LogP contribution is -2.01. The van der Waals surface area contributed by atoms with E-state index in [1.807, 2.05) is 19.9 Å². The maximum Gasteiger partial charge on any atom is 0.0988 e. The van der Waals surface area contributed by atoms with Crippen molar-refractivity contribution < 1.29 is 0 Å². The normalized spacial score (nSPS) is 11.2. The smallest absolute Gasteiger partial charge is 0.0988 e. The first kappa shape index (κ1) is 12.9. The predicted octanol–water partition coefficient (Wildman–Crippen LogP) is 4.22. The SMILES string of the molecule is CCCNc1cc2ccc(C)nc2c2nc(C)ccc12. The van der Waals surface area contributed by atoms with E-state index in [0.717, 1.165) is 51.8 Å². The van der Waals surface area contributed by atoms with Crippen molar-refractivity contribution in [3.8, 4) is 0 Å². The highest BCUT2D eigenvalue weighted by Crippen LogP contribution is 2.30. The molecular weight excluding hydrogens is 246 g/mol. The van der Waals surface area contributed by atoms with Crippen molar-refractivity contribution in [3.63, 3.8) is 0 Å². The van der Waals surface area contributed by atoms with Gasteiger partial charge in [-0.15, -0.1) is 0 Å². The molecule has 1 N–H and O–H groups in total. The van der Waals surface area contributed by atoms with E-state index in [9.17, 15) is 0 Å². The molecule has 3 rings (SSSR count). The van der Waals surface area contributed by atoms with Gasteiger partial charge in [-0.1, -0.05) is 13.0 Å². The summed E-state index contributed by atoms with van der Waals surface area (Å²) < 4.78 is 0. The Hall–Kier alpha value is -2.16. The van der Waals surface area contributed by atoms with Gasteiger partial charge in [0.25, 0.3) is 0 Å². The molecule has 0 aliphatic rings. The molecule has 102 valence electrons. The lowest BCUT2D eigenvalue weighted by molar-refractivity contribution is 0.981. The van der Waals surface area contributed by atoms with E-state index in [1.165, 1.54) is 0 Å². The van der Waals surface area contributed by atoms with Gasteiger partial charge in [0.15, 0.2) is 0 Å². The van der Waals surface area contributed by atoms with Gasteiger partial charge in [0.1, 0.15) is 0 Å². The first-order chi connectivity index (χ1) is 9.69. The van der Waals surface area contributed by atoms with Crippen LogP contribution in [0, 0.1) is 13.8 Å². The number of aromatic nitrogens is 2. The zero-order chi connectivity index (χ0) is 14.1. The Morgan fingerprint density at radius 1 is 0.950 bits per heavy atom. The number of aryl methyl sites for hydroxylation is 2. The summed E-state index contributed by atoms with van der Waals surface area (Å²) in [6, 6.07) is 10.5. The zero-order valence-corrected chi connectivity index (χ0v) is 12.2. The number of rotatable bonds is 3. The molecular formula is C17H19N3. The van der Waals surface area contributed by atoms with Gasteiger partial charge >= 0.3 is 0 Å². The van der Waals surface area contributed by atoms with Crippen LogP contribution in [0.3, 0.4) is 0 Å². The van der Waals surface area contributed by atoms with E-state index in [1.54, 1.807) is 0 Å². The Kier molecular flexibility index (Phi) is 3.26. The summed E-state index contributed by atoms with van der Waals surface area (Å²) in [6.45, 7) is 7.18. The first-order valence-electron chi connectivity index (χ1n) is 7.10. The second-order valence-electron chi connectivity index (χ2n) is 5.22. The molecule has 2 heterocycles. The molecule has 0 saturated heterocycles. The highest BCUT2D eigenvalue weighted by molar-refractivity contribution is 6.09. The standard InChI is InChI=1S/C17H19N3/c1-4-9-18-15-10-13-7-5-11(2)19-16(13)17-14(15)8-6-12(3)20-17/h5-8,10,18H,4,9H2,1-3H3. The fraction of sp³-hybridized carbons (Fsp3) is 0.294. The van der Waals surface area contributed by atoms with E-state index in [2.05, 4.69) is 41.5 Å². The number of benzene rings is 1. The summed E-state index contributed by atoms with van der Waals surface area (Å²) in [4.78, 5) is 9.39. The van der Waals surface area contributed by atoms with Gasteiger partial charge < -0.3 is 5.32 Å². The highest BCUT2D eigenvalue weighted by atomic mass is 14.9. The molecule has 0 aliphatic carbocycles. The van der Waals surface area contributed by atoms with Crippen molar-refractivity contribution in [2.24, 2.45) is 0 Å². The molecule has 0 aliphatic heterocycles. The summed E-state index contributed by atoms with van der Waals surface area (Å²) in [5.74, 6) is 0. The molecule has 0 bridgehead atoms. The number of nitrogens with zero attached hydrogens (tertiary/aromatic N) is 2. The van der Waals surface area contributed by atoms with E-state index in [4.69, 9.17) is 4.98 Å². The lowest BCUT2D eigenvalue weighted by atomic mass is 10.1. The average Bonchev–Trinajstić information content (AvgIpc) is 2.45. The number of hydrogen-bond donors (Lipinski definition) is 1.